The Hall–Kier alpha value is -3.52. The Balaban J connectivity index is 1.66. The molecule has 3 heterocycles. The van der Waals surface area contributed by atoms with E-state index in [9.17, 15) is 9.18 Å². The minimum atomic E-state index is -0.585. The lowest BCUT2D eigenvalue weighted by atomic mass is 10.2. The molecule has 30 heavy (non-hydrogen) atoms. The van der Waals surface area contributed by atoms with Gasteiger partial charge in [-0.1, -0.05) is 12.1 Å². The fourth-order valence-corrected chi connectivity index (χ4v) is 3.73. The van der Waals surface area contributed by atoms with Crippen molar-refractivity contribution in [1.82, 2.24) is 14.5 Å². The van der Waals surface area contributed by atoms with Crippen molar-refractivity contribution < 1.29 is 18.7 Å². The maximum Gasteiger partial charge on any atom is 0.344 e. The van der Waals surface area contributed by atoms with Crippen LogP contribution < -0.4 is 5.73 Å². The third kappa shape index (κ3) is 3.15. The number of carbonyl (C=O) groups is 1. The molecule has 0 spiro atoms. The van der Waals surface area contributed by atoms with Crippen LogP contribution in [0.4, 0.5) is 10.2 Å². The highest BCUT2D eigenvalue weighted by atomic mass is 19.1. The van der Waals surface area contributed by atoms with Crippen LogP contribution in [0.2, 0.25) is 0 Å². The normalized spacial score (nSPS) is 16.4. The van der Waals surface area contributed by atoms with Crippen molar-refractivity contribution in [2.75, 3.05) is 18.9 Å². The molecule has 7 nitrogen and oxygen atoms in total. The molecule has 0 amide bonds. The van der Waals surface area contributed by atoms with Crippen LogP contribution in [0.1, 0.15) is 23.2 Å². The van der Waals surface area contributed by atoms with Gasteiger partial charge in [0.15, 0.2) is 5.65 Å². The van der Waals surface area contributed by atoms with Crippen LogP contribution in [-0.2, 0) is 9.47 Å². The topological polar surface area (TPSA) is 92.3 Å². The van der Waals surface area contributed by atoms with Gasteiger partial charge in [0.05, 0.1) is 17.1 Å². The predicted molar refractivity (Wildman–Crippen MR) is 110 cm³/mol. The zero-order chi connectivity index (χ0) is 20.7. The van der Waals surface area contributed by atoms with Gasteiger partial charge < -0.3 is 15.2 Å². The minimum absolute atomic E-state index is 0.104. The second-order valence-electron chi connectivity index (χ2n) is 7.19. The summed E-state index contributed by atoms with van der Waals surface area (Å²) in [7, 11) is 0. The number of fused-ring (bicyclic) bond motifs is 2. The summed E-state index contributed by atoms with van der Waals surface area (Å²) < 4.78 is 26.1. The molecule has 5 rings (SSSR count). The first kappa shape index (κ1) is 18.5. The van der Waals surface area contributed by atoms with E-state index in [1.54, 1.807) is 16.7 Å². The van der Waals surface area contributed by atoms with Gasteiger partial charge in [-0.15, -0.1) is 0 Å². The van der Waals surface area contributed by atoms with E-state index in [1.807, 2.05) is 24.3 Å². The molecule has 1 atom stereocenters. The van der Waals surface area contributed by atoms with Crippen molar-refractivity contribution in [2.24, 2.45) is 0 Å². The zero-order valence-corrected chi connectivity index (χ0v) is 16.0. The Morgan fingerprint density at radius 2 is 1.90 bits per heavy atom. The summed E-state index contributed by atoms with van der Waals surface area (Å²) in [6.45, 7) is 0.828. The summed E-state index contributed by atoms with van der Waals surface area (Å²) in [6.07, 6.45) is 1.70. The highest BCUT2D eigenvalue weighted by Crippen LogP contribution is 2.31. The third-order valence-electron chi connectivity index (χ3n) is 5.21. The van der Waals surface area contributed by atoms with E-state index in [-0.39, 0.29) is 29.9 Å². The van der Waals surface area contributed by atoms with E-state index < -0.39 is 5.97 Å². The molecule has 2 N–H and O–H groups in total. The quantitative estimate of drug-likeness (QED) is 0.521. The van der Waals surface area contributed by atoms with Crippen molar-refractivity contribution >= 4 is 34.0 Å². The van der Waals surface area contributed by atoms with Crippen LogP contribution in [-0.4, -0.2) is 39.8 Å². The average molecular weight is 406 g/mol. The molecule has 4 aromatic rings. The van der Waals surface area contributed by atoms with Gasteiger partial charge in [-0.25, -0.2) is 19.2 Å². The Morgan fingerprint density at radius 3 is 2.60 bits per heavy atom. The second-order valence-corrected chi connectivity index (χ2v) is 7.19. The Morgan fingerprint density at radius 1 is 1.17 bits per heavy atom. The fourth-order valence-electron chi connectivity index (χ4n) is 3.73. The molecule has 0 unspecified atom stereocenters. The lowest BCUT2D eigenvalue weighted by molar-refractivity contribution is 0.0163. The van der Waals surface area contributed by atoms with E-state index in [0.717, 1.165) is 12.8 Å². The number of nitrogens with two attached hydrogens (primary N) is 1. The number of aromatic nitrogens is 3. The molecule has 1 aliphatic heterocycles. The molecule has 2 aromatic heterocycles. The van der Waals surface area contributed by atoms with Gasteiger partial charge >= 0.3 is 5.97 Å². The molecule has 0 bridgehead atoms. The fraction of sp³-hybridized carbons (Fsp3) is 0.227. The number of esters is 1. The first-order valence-electron chi connectivity index (χ1n) is 9.73. The highest BCUT2D eigenvalue weighted by Gasteiger charge is 2.27. The number of anilines is 1. The Kier molecular flexibility index (Phi) is 4.55. The molecular weight excluding hydrogens is 387 g/mol. The van der Waals surface area contributed by atoms with Crippen LogP contribution in [0.3, 0.4) is 0 Å². The summed E-state index contributed by atoms with van der Waals surface area (Å²) in [6, 6.07) is 13.1. The van der Waals surface area contributed by atoms with Gasteiger partial charge in [-0.3, -0.25) is 4.57 Å². The number of nitrogen functional groups attached to an aromatic ring is 1. The maximum absolute atomic E-state index is 13.5. The highest BCUT2D eigenvalue weighted by molar-refractivity contribution is 6.09. The van der Waals surface area contributed by atoms with Crippen LogP contribution in [0.15, 0.2) is 48.5 Å². The number of benzene rings is 2. The summed E-state index contributed by atoms with van der Waals surface area (Å²) in [4.78, 5) is 22.3. The largest absolute Gasteiger partial charge is 0.459 e. The molecule has 0 aliphatic carbocycles. The van der Waals surface area contributed by atoms with Crippen LogP contribution in [0.5, 0.6) is 0 Å². The van der Waals surface area contributed by atoms with Crippen molar-refractivity contribution in [3.05, 3.63) is 59.9 Å². The van der Waals surface area contributed by atoms with E-state index in [1.165, 1.54) is 12.1 Å². The number of rotatable bonds is 4. The molecule has 0 saturated carbocycles. The van der Waals surface area contributed by atoms with Crippen molar-refractivity contribution in [1.29, 1.82) is 0 Å². The van der Waals surface area contributed by atoms with Gasteiger partial charge in [0.1, 0.15) is 29.3 Å². The smallest absolute Gasteiger partial charge is 0.344 e. The lowest BCUT2D eigenvalue weighted by Crippen LogP contribution is -2.18. The van der Waals surface area contributed by atoms with Crippen LogP contribution in [0.25, 0.3) is 27.9 Å². The zero-order valence-electron chi connectivity index (χ0n) is 16.0. The first-order chi connectivity index (χ1) is 14.6. The monoisotopic (exact) mass is 406 g/mol. The maximum atomic E-state index is 13.5. The molecule has 2 aromatic carbocycles. The van der Waals surface area contributed by atoms with Gasteiger partial charge in [0.2, 0.25) is 0 Å². The van der Waals surface area contributed by atoms with E-state index in [0.29, 0.717) is 34.5 Å². The number of ether oxygens (including phenoxy) is 2. The second kappa shape index (κ2) is 7.38. The standard InChI is InChI=1S/C22H19FN4O3/c23-13-7-9-14(10-8-13)27-20(24)18(22(28)30-12-15-4-3-11-29-15)19-21(27)26-17-6-2-1-5-16(17)25-19/h1-2,5-10,15H,3-4,11-12,24H2/t15-/m1/s1. The van der Waals surface area contributed by atoms with Crippen molar-refractivity contribution in [2.45, 2.75) is 18.9 Å². The molecule has 152 valence electrons. The average Bonchev–Trinajstić information content (AvgIpc) is 3.37. The molecule has 8 heteroatoms. The molecule has 1 aliphatic rings. The number of nitrogens with zero attached hydrogens (tertiary/aromatic N) is 3. The Bertz CT molecular complexity index is 1250. The van der Waals surface area contributed by atoms with Crippen LogP contribution in [0, 0.1) is 5.82 Å². The minimum Gasteiger partial charge on any atom is -0.459 e. The molecule has 0 radical (unpaired) electrons. The SMILES string of the molecule is Nc1c(C(=O)OC[C@H]2CCCO2)c2nc3ccccc3nc2n1-c1ccc(F)cc1. The van der Waals surface area contributed by atoms with Crippen molar-refractivity contribution in [3.8, 4) is 5.69 Å². The first-order valence-corrected chi connectivity index (χ1v) is 9.73. The molecule has 1 fully saturated rings. The van der Waals surface area contributed by atoms with Gasteiger partial charge in [0.25, 0.3) is 0 Å². The number of halogens is 1. The van der Waals surface area contributed by atoms with Crippen molar-refractivity contribution in [3.63, 3.8) is 0 Å². The summed E-state index contributed by atoms with van der Waals surface area (Å²) in [5.41, 5.74) is 9.14. The predicted octanol–water partition coefficient (Wildman–Crippen LogP) is 3.63. The lowest BCUT2D eigenvalue weighted by Gasteiger charge is -2.10. The van der Waals surface area contributed by atoms with E-state index in [4.69, 9.17) is 15.2 Å². The van der Waals surface area contributed by atoms with E-state index >= 15 is 0 Å². The number of hydrogen-bond acceptors (Lipinski definition) is 6. The third-order valence-corrected chi connectivity index (χ3v) is 5.21. The van der Waals surface area contributed by atoms with Crippen LogP contribution >= 0.6 is 0 Å². The van der Waals surface area contributed by atoms with Gasteiger partial charge in [0, 0.05) is 12.3 Å². The number of hydrogen-bond donors (Lipinski definition) is 1. The van der Waals surface area contributed by atoms with Gasteiger partial charge in [-0.05, 0) is 49.2 Å². The summed E-state index contributed by atoms with van der Waals surface area (Å²) >= 11 is 0. The van der Waals surface area contributed by atoms with Gasteiger partial charge in [-0.2, -0.15) is 0 Å². The van der Waals surface area contributed by atoms with E-state index in [2.05, 4.69) is 9.97 Å². The number of para-hydroxylation sites is 2. The molecular formula is C22H19FN4O3. The summed E-state index contributed by atoms with van der Waals surface area (Å²) in [5, 5.41) is 0. The molecule has 1 saturated heterocycles. The Labute approximate surface area is 171 Å². The number of carbonyl (C=O) groups excluding carboxylic acids is 1. The summed E-state index contributed by atoms with van der Waals surface area (Å²) in [5.74, 6) is -0.816.